The SMILES string of the molecule is Cc1ccccc1-c1[nH]ccc1Br. The van der Waals surface area contributed by atoms with Gasteiger partial charge in [-0.05, 0) is 34.5 Å². The summed E-state index contributed by atoms with van der Waals surface area (Å²) in [6, 6.07) is 10.3. The lowest BCUT2D eigenvalue weighted by Gasteiger charge is -2.03. The lowest BCUT2D eigenvalue weighted by atomic mass is 10.1. The van der Waals surface area contributed by atoms with E-state index in [1.165, 1.54) is 11.1 Å². The quantitative estimate of drug-likeness (QED) is 0.776. The third-order valence-electron chi connectivity index (χ3n) is 2.11. The van der Waals surface area contributed by atoms with E-state index in [0.717, 1.165) is 10.2 Å². The van der Waals surface area contributed by atoms with Gasteiger partial charge in [-0.3, -0.25) is 0 Å². The molecule has 66 valence electrons. The van der Waals surface area contributed by atoms with Gasteiger partial charge in [0.15, 0.2) is 0 Å². The van der Waals surface area contributed by atoms with Crippen molar-refractivity contribution in [3.05, 3.63) is 46.6 Å². The van der Waals surface area contributed by atoms with Crippen LogP contribution in [0.2, 0.25) is 0 Å². The van der Waals surface area contributed by atoms with Gasteiger partial charge >= 0.3 is 0 Å². The number of rotatable bonds is 1. The van der Waals surface area contributed by atoms with Crippen molar-refractivity contribution >= 4 is 15.9 Å². The lowest BCUT2D eigenvalue weighted by Crippen LogP contribution is -1.82. The van der Waals surface area contributed by atoms with Gasteiger partial charge in [0.25, 0.3) is 0 Å². The van der Waals surface area contributed by atoms with Crippen LogP contribution in [0.4, 0.5) is 0 Å². The maximum Gasteiger partial charge on any atom is 0.0600 e. The summed E-state index contributed by atoms with van der Waals surface area (Å²) in [4.78, 5) is 3.22. The zero-order valence-corrected chi connectivity index (χ0v) is 8.93. The fraction of sp³-hybridized carbons (Fsp3) is 0.0909. The van der Waals surface area contributed by atoms with E-state index in [2.05, 4.69) is 52.1 Å². The van der Waals surface area contributed by atoms with Crippen LogP contribution in [-0.2, 0) is 0 Å². The molecule has 1 aromatic carbocycles. The molecule has 0 fully saturated rings. The minimum atomic E-state index is 1.11. The molecule has 0 saturated heterocycles. The number of H-pyrrole nitrogens is 1. The summed E-state index contributed by atoms with van der Waals surface area (Å²) in [6.07, 6.45) is 1.94. The minimum Gasteiger partial charge on any atom is -0.360 e. The van der Waals surface area contributed by atoms with E-state index in [-0.39, 0.29) is 0 Å². The maximum atomic E-state index is 3.51. The number of aryl methyl sites for hydroxylation is 1. The molecule has 13 heavy (non-hydrogen) atoms. The first-order valence-electron chi connectivity index (χ1n) is 4.18. The van der Waals surface area contributed by atoms with Crippen molar-refractivity contribution in [1.29, 1.82) is 0 Å². The third kappa shape index (κ3) is 1.54. The van der Waals surface area contributed by atoms with Gasteiger partial charge in [0.1, 0.15) is 0 Å². The number of nitrogens with one attached hydrogen (secondary N) is 1. The molecule has 0 amide bonds. The molecule has 1 aromatic heterocycles. The van der Waals surface area contributed by atoms with Gasteiger partial charge < -0.3 is 4.98 Å². The highest BCUT2D eigenvalue weighted by Gasteiger charge is 2.04. The van der Waals surface area contributed by atoms with Crippen molar-refractivity contribution in [2.24, 2.45) is 0 Å². The Balaban J connectivity index is 2.59. The Bertz CT molecular complexity index is 418. The topological polar surface area (TPSA) is 15.8 Å². The summed E-state index contributed by atoms with van der Waals surface area (Å²) in [5, 5.41) is 0. The molecule has 0 saturated carbocycles. The molecule has 0 aliphatic heterocycles. The van der Waals surface area contributed by atoms with Crippen LogP contribution in [0.15, 0.2) is 41.0 Å². The number of aromatic amines is 1. The first-order valence-corrected chi connectivity index (χ1v) is 4.97. The zero-order valence-electron chi connectivity index (χ0n) is 7.34. The predicted molar refractivity (Wildman–Crippen MR) is 58.7 cm³/mol. The number of aromatic nitrogens is 1. The predicted octanol–water partition coefficient (Wildman–Crippen LogP) is 3.75. The Kier molecular flexibility index (Phi) is 2.23. The van der Waals surface area contributed by atoms with Gasteiger partial charge in [-0.1, -0.05) is 24.3 Å². The standard InChI is InChI=1S/C11H10BrN/c1-8-4-2-3-5-9(8)11-10(12)6-7-13-11/h2-7,13H,1H3. The van der Waals surface area contributed by atoms with Crippen molar-refractivity contribution in [2.45, 2.75) is 6.92 Å². The molecule has 2 aromatic rings. The van der Waals surface area contributed by atoms with Crippen molar-refractivity contribution in [3.63, 3.8) is 0 Å². The highest BCUT2D eigenvalue weighted by atomic mass is 79.9. The number of hydrogen-bond acceptors (Lipinski definition) is 0. The zero-order chi connectivity index (χ0) is 9.26. The van der Waals surface area contributed by atoms with Gasteiger partial charge in [-0.2, -0.15) is 0 Å². The molecule has 0 spiro atoms. The summed E-state index contributed by atoms with van der Waals surface area (Å²) in [7, 11) is 0. The fourth-order valence-electron chi connectivity index (χ4n) is 1.41. The smallest absolute Gasteiger partial charge is 0.0600 e. The number of halogens is 1. The lowest BCUT2D eigenvalue weighted by molar-refractivity contribution is 1.36. The highest BCUT2D eigenvalue weighted by Crippen LogP contribution is 2.28. The number of benzene rings is 1. The van der Waals surface area contributed by atoms with Crippen molar-refractivity contribution in [2.75, 3.05) is 0 Å². The van der Waals surface area contributed by atoms with Gasteiger partial charge in [0.05, 0.1) is 5.69 Å². The molecular formula is C11H10BrN. The van der Waals surface area contributed by atoms with Crippen LogP contribution in [0, 0.1) is 6.92 Å². The summed E-state index contributed by atoms with van der Waals surface area (Å²) in [6.45, 7) is 2.11. The second kappa shape index (κ2) is 3.38. The summed E-state index contributed by atoms with van der Waals surface area (Å²) in [5.74, 6) is 0. The summed E-state index contributed by atoms with van der Waals surface area (Å²) in [5.41, 5.74) is 3.68. The van der Waals surface area contributed by atoms with Crippen LogP contribution in [0.1, 0.15) is 5.56 Å². The van der Waals surface area contributed by atoms with Gasteiger partial charge in [0.2, 0.25) is 0 Å². The summed E-state index contributed by atoms with van der Waals surface area (Å²) >= 11 is 3.51. The maximum absolute atomic E-state index is 3.51. The van der Waals surface area contributed by atoms with E-state index in [1.54, 1.807) is 0 Å². The highest BCUT2D eigenvalue weighted by molar-refractivity contribution is 9.10. The van der Waals surface area contributed by atoms with Crippen molar-refractivity contribution < 1.29 is 0 Å². The molecule has 0 atom stereocenters. The molecule has 0 unspecified atom stereocenters. The fourth-order valence-corrected chi connectivity index (χ4v) is 1.87. The van der Waals surface area contributed by atoms with Gasteiger partial charge in [-0.25, -0.2) is 0 Å². The van der Waals surface area contributed by atoms with Crippen molar-refractivity contribution in [1.82, 2.24) is 4.98 Å². The average Bonchev–Trinajstić information content (AvgIpc) is 2.52. The van der Waals surface area contributed by atoms with Crippen molar-refractivity contribution in [3.8, 4) is 11.3 Å². The third-order valence-corrected chi connectivity index (χ3v) is 2.77. The number of hydrogen-bond donors (Lipinski definition) is 1. The molecule has 1 heterocycles. The minimum absolute atomic E-state index is 1.11. The normalized spacial score (nSPS) is 10.3. The molecule has 0 radical (unpaired) electrons. The van der Waals surface area contributed by atoms with Gasteiger partial charge in [-0.15, -0.1) is 0 Å². The second-order valence-corrected chi connectivity index (χ2v) is 3.87. The van der Waals surface area contributed by atoms with E-state index in [1.807, 2.05) is 12.3 Å². The van der Waals surface area contributed by atoms with E-state index in [0.29, 0.717) is 0 Å². The molecule has 1 nitrogen and oxygen atoms in total. The molecule has 2 rings (SSSR count). The molecule has 0 aliphatic carbocycles. The van der Waals surface area contributed by atoms with Gasteiger partial charge in [0, 0.05) is 16.2 Å². The van der Waals surface area contributed by atoms with E-state index in [4.69, 9.17) is 0 Å². The molecule has 0 aliphatic rings. The Morgan fingerprint density at radius 1 is 1.15 bits per heavy atom. The van der Waals surface area contributed by atoms with E-state index >= 15 is 0 Å². The van der Waals surface area contributed by atoms with Crippen LogP contribution >= 0.6 is 15.9 Å². The Morgan fingerprint density at radius 2 is 1.92 bits per heavy atom. The Morgan fingerprint density at radius 3 is 2.54 bits per heavy atom. The monoisotopic (exact) mass is 235 g/mol. The van der Waals surface area contributed by atoms with Crippen LogP contribution in [0.3, 0.4) is 0 Å². The van der Waals surface area contributed by atoms with Crippen LogP contribution in [0.5, 0.6) is 0 Å². The van der Waals surface area contributed by atoms with Crippen LogP contribution in [0.25, 0.3) is 11.3 Å². The first-order chi connectivity index (χ1) is 6.29. The summed E-state index contributed by atoms with van der Waals surface area (Å²) < 4.78 is 1.11. The largest absolute Gasteiger partial charge is 0.360 e. The molecule has 1 N–H and O–H groups in total. The molecular weight excluding hydrogens is 226 g/mol. The van der Waals surface area contributed by atoms with E-state index in [9.17, 15) is 0 Å². The molecule has 0 bridgehead atoms. The first kappa shape index (κ1) is 8.57. The molecule has 2 heteroatoms. The van der Waals surface area contributed by atoms with E-state index < -0.39 is 0 Å². The Hall–Kier alpha value is -1.02. The Labute approximate surface area is 85.9 Å². The van der Waals surface area contributed by atoms with Crippen LogP contribution in [-0.4, -0.2) is 4.98 Å². The van der Waals surface area contributed by atoms with Crippen LogP contribution < -0.4 is 0 Å². The average molecular weight is 236 g/mol. The second-order valence-electron chi connectivity index (χ2n) is 3.02.